The van der Waals surface area contributed by atoms with E-state index in [1.165, 1.54) is 11.1 Å². The molecule has 170 valence electrons. The second kappa shape index (κ2) is 9.14. The summed E-state index contributed by atoms with van der Waals surface area (Å²) in [5.74, 6) is 2.09. The molecule has 2 saturated heterocycles. The first-order chi connectivity index (χ1) is 15.4. The van der Waals surface area contributed by atoms with Crippen LogP contribution in [-0.4, -0.2) is 66.1 Å². The minimum atomic E-state index is -0.145. The predicted molar refractivity (Wildman–Crippen MR) is 126 cm³/mol. The third-order valence-corrected chi connectivity index (χ3v) is 6.55. The average Bonchev–Trinajstić information content (AvgIpc) is 3.24. The Morgan fingerprint density at radius 1 is 1.16 bits per heavy atom. The normalized spacial score (nSPS) is 17.5. The maximum Gasteiger partial charge on any atom is 0.323 e. The molecule has 0 saturated carbocycles. The maximum absolute atomic E-state index is 13.1. The van der Waals surface area contributed by atoms with Gasteiger partial charge in [0, 0.05) is 45.5 Å². The zero-order valence-corrected chi connectivity index (χ0v) is 19.4. The minimum absolute atomic E-state index is 0.0103. The highest BCUT2D eigenvalue weighted by molar-refractivity contribution is 5.97. The summed E-state index contributed by atoms with van der Waals surface area (Å²) in [6.45, 7) is 12.3. The van der Waals surface area contributed by atoms with Crippen molar-refractivity contribution in [1.82, 2.24) is 20.2 Å². The molecule has 0 radical (unpaired) electrons. The predicted octanol–water partition coefficient (Wildman–Crippen LogP) is 3.10. The minimum Gasteiger partial charge on any atom is -0.353 e. The highest BCUT2D eigenvalue weighted by atomic mass is 16.2. The van der Waals surface area contributed by atoms with Gasteiger partial charge in [0.05, 0.1) is 11.3 Å². The van der Waals surface area contributed by atoms with Crippen molar-refractivity contribution in [3.63, 3.8) is 0 Å². The molecule has 2 aromatic rings. The van der Waals surface area contributed by atoms with Gasteiger partial charge < -0.3 is 15.1 Å². The van der Waals surface area contributed by atoms with Gasteiger partial charge in [0.1, 0.15) is 11.6 Å². The maximum atomic E-state index is 13.1. The molecule has 0 aliphatic carbocycles. The number of pyridine rings is 2. The van der Waals surface area contributed by atoms with Gasteiger partial charge >= 0.3 is 6.03 Å². The van der Waals surface area contributed by atoms with Crippen LogP contribution in [0, 0.1) is 13.8 Å². The van der Waals surface area contributed by atoms with Crippen LogP contribution in [0.5, 0.6) is 0 Å². The molecule has 0 aromatic carbocycles. The van der Waals surface area contributed by atoms with Crippen LogP contribution in [0.1, 0.15) is 53.4 Å². The molecule has 3 amide bonds. The van der Waals surface area contributed by atoms with Crippen molar-refractivity contribution in [2.45, 2.75) is 40.0 Å². The van der Waals surface area contributed by atoms with Crippen molar-refractivity contribution in [2.24, 2.45) is 0 Å². The van der Waals surface area contributed by atoms with E-state index in [-0.39, 0.29) is 11.9 Å². The third-order valence-electron chi connectivity index (χ3n) is 6.55. The Labute approximate surface area is 189 Å². The average molecular weight is 437 g/mol. The number of carbonyl (C=O) groups is 2. The molecule has 8 nitrogen and oxygen atoms in total. The Balaban J connectivity index is 1.41. The molecule has 2 aromatic heterocycles. The van der Waals surface area contributed by atoms with Gasteiger partial charge in [0.25, 0.3) is 5.91 Å². The first kappa shape index (κ1) is 22.0. The van der Waals surface area contributed by atoms with E-state index >= 15 is 0 Å². The molecule has 32 heavy (non-hydrogen) atoms. The summed E-state index contributed by atoms with van der Waals surface area (Å²) in [7, 11) is 0. The lowest BCUT2D eigenvalue weighted by atomic mass is 9.99. The van der Waals surface area contributed by atoms with Crippen LogP contribution in [0.25, 0.3) is 0 Å². The van der Waals surface area contributed by atoms with Gasteiger partial charge in [-0.2, -0.15) is 0 Å². The van der Waals surface area contributed by atoms with E-state index < -0.39 is 0 Å². The lowest BCUT2D eigenvalue weighted by Gasteiger charge is -2.36. The van der Waals surface area contributed by atoms with Gasteiger partial charge in [0.15, 0.2) is 0 Å². The molecular formula is C24H32N6O2. The summed E-state index contributed by atoms with van der Waals surface area (Å²) >= 11 is 0. The van der Waals surface area contributed by atoms with E-state index in [1.54, 1.807) is 17.0 Å². The van der Waals surface area contributed by atoms with Gasteiger partial charge in [-0.1, -0.05) is 19.9 Å². The van der Waals surface area contributed by atoms with Crippen LogP contribution >= 0.6 is 0 Å². The monoisotopic (exact) mass is 436 g/mol. The molecule has 4 heterocycles. The van der Waals surface area contributed by atoms with Gasteiger partial charge in [-0.25, -0.2) is 14.8 Å². The number of aryl methyl sites for hydroxylation is 2. The number of urea groups is 1. The van der Waals surface area contributed by atoms with Gasteiger partial charge in [-0.05, 0) is 49.4 Å². The lowest BCUT2D eigenvalue weighted by molar-refractivity contribution is 0.0745. The van der Waals surface area contributed by atoms with Gasteiger partial charge in [0.2, 0.25) is 0 Å². The quantitative estimate of drug-likeness (QED) is 0.779. The second-order valence-electron chi connectivity index (χ2n) is 8.68. The summed E-state index contributed by atoms with van der Waals surface area (Å²) < 4.78 is 0. The molecule has 4 rings (SSSR count). The summed E-state index contributed by atoms with van der Waals surface area (Å²) in [6, 6.07) is 5.64. The summed E-state index contributed by atoms with van der Waals surface area (Å²) in [5.41, 5.74) is 3.70. The van der Waals surface area contributed by atoms with Crippen molar-refractivity contribution < 1.29 is 9.59 Å². The number of piperazine rings is 1. The van der Waals surface area contributed by atoms with Crippen molar-refractivity contribution in [1.29, 1.82) is 0 Å². The number of carbonyl (C=O) groups excluding carboxylic acids is 2. The van der Waals surface area contributed by atoms with Crippen LogP contribution in [0.2, 0.25) is 0 Å². The fourth-order valence-electron chi connectivity index (χ4n) is 4.33. The Morgan fingerprint density at radius 3 is 2.50 bits per heavy atom. The molecule has 1 unspecified atom stereocenters. The van der Waals surface area contributed by atoms with E-state index in [2.05, 4.69) is 42.0 Å². The SMILES string of the molecule is CCC(C)c1cnc(N2CCN(C(=O)c3ccc(N4CCNC4=O)nc3C)CC2)c(C)c1. The first-order valence-electron chi connectivity index (χ1n) is 11.4. The number of hydrogen-bond donors (Lipinski definition) is 1. The summed E-state index contributed by atoms with van der Waals surface area (Å²) in [5, 5.41) is 2.77. The molecule has 2 aliphatic rings. The smallest absolute Gasteiger partial charge is 0.323 e. The fraction of sp³-hybridized carbons (Fsp3) is 0.500. The molecule has 0 spiro atoms. The topological polar surface area (TPSA) is 81.7 Å². The molecular weight excluding hydrogens is 404 g/mol. The molecule has 0 bridgehead atoms. The molecule has 8 heteroatoms. The van der Waals surface area contributed by atoms with Crippen LogP contribution in [0.3, 0.4) is 0 Å². The molecule has 2 aliphatic heterocycles. The number of nitrogens with one attached hydrogen (secondary N) is 1. The Kier molecular flexibility index (Phi) is 6.30. The second-order valence-corrected chi connectivity index (χ2v) is 8.68. The molecule has 1 N–H and O–H groups in total. The van der Waals surface area contributed by atoms with Crippen LogP contribution in [0.15, 0.2) is 24.4 Å². The van der Waals surface area contributed by atoms with Crippen molar-refractivity contribution in [3.05, 3.63) is 46.8 Å². The highest BCUT2D eigenvalue weighted by Gasteiger charge is 2.27. The largest absolute Gasteiger partial charge is 0.353 e. The van der Waals surface area contributed by atoms with Gasteiger partial charge in [-0.3, -0.25) is 9.69 Å². The fourth-order valence-corrected chi connectivity index (χ4v) is 4.33. The van der Waals surface area contributed by atoms with E-state index in [9.17, 15) is 9.59 Å². The molecule has 2 fully saturated rings. The zero-order valence-electron chi connectivity index (χ0n) is 19.4. The number of nitrogens with zero attached hydrogens (tertiary/aromatic N) is 5. The van der Waals surface area contributed by atoms with E-state index in [0.29, 0.717) is 49.2 Å². The number of rotatable bonds is 5. The Morgan fingerprint density at radius 2 is 1.91 bits per heavy atom. The Bertz CT molecular complexity index is 1020. The Hall–Kier alpha value is -3.16. The lowest BCUT2D eigenvalue weighted by Crippen LogP contribution is -2.49. The number of amides is 3. The summed E-state index contributed by atoms with van der Waals surface area (Å²) in [4.78, 5) is 40.0. The molecule has 1 atom stereocenters. The van der Waals surface area contributed by atoms with Crippen molar-refractivity contribution in [2.75, 3.05) is 49.1 Å². The van der Waals surface area contributed by atoms with E-state index in [0.717, 1.165) is 25.3 Å². The van der Waals surface area contributed by atoms with Crippen LogP contribution < -0.4 is 15.1 Å². The van der Waals surface area contributed by atoms with Crippen LogP contribution in [-0.2, 0) is 0 Å². The third kappa shape index (κ3) is 4.26. The number of aromatic nitrogens is 2. The number of anilines is 2. The van der Waals surface area contributed by atoms with Crippen molar-refractivity contribution >= 4 is 23.6 Å². The standard InChI is InChI=1S/C24H32N6O2/c1-5-16(2)19-14-17(3)22(26-15-19)28-10-12-29(13-11-28)23(31)20-6-7-21(27-18(20)4)30-9-8-25-24(30)32/h6-7,14-16H,5,8-13H2,1-4H3,(H,25,32). The number of hydrogen-bond acceptors (Lipinski definition) is 5. The summed E-state index contributed by atoms with van der Waals surface area (Å²) in [6.07, 6.45) is 3.09. The zero-order chi connectivity index (χ0) is 22.8. The van der Waals surface area contributed by atoms with E-state index in [1.807, 2.05) is 18.0 Å². The van der Waals surface area contributed by atoms with Crippen molar-refractivity contribution in [3.8, 4) is 0 Å². The van der Waals surface area contributed by atoms with Crippen LogP contribution in [0.4, 0.5) is 16.4 Å². The highest BCUT2D eigenvalue weighted by Crippen LogP contribution is 2.25. The van der Waals surface area contributed by atoms with Gasteiger partial charge in [-0.15, -0.1) is 0 Å². The first-order valence-corrected chi connectivity index (χ1v) is 11.4. The van der Waals surface area contributed by atoms with E-state index in [4.69, 9.17) is 4.98 Å².